The lowest BCUT2D eigenvalue weighted by molar-refractivity contribution is -0.178. The lowest BCUT2D eigenvalue weighted by Gasteiger charge is -2.42. The molecule has 0 unspecified atom stereocenters. The highest BCUT2D eigenvalue weighted by Gasteiger charge is 2.56. The van der Waals surface area contributed by atoms with Crippen molar-refractivity contribution in [1.29, 1.82) is 0 Å². The van der Waals surface area contributed by atoms with Crippen molar-refractivity contribution >= 4 is 17.8 Å². The van der Waals surface area contributed by atoms with Crippen molar-refractivity contribution in [3.63, 3.8) is 0 Å². The van der Waals surface area contributed by atoms with Gasteiger partial charge in [-0.05, 0) is 11.1 Å². The van der Waals surface area contributed by atoms with Crippen LogP contribution in [0.1, 0.15) is 31.9 Å². The van der Waals surface area contributed by atoms with E-state index in [9.17, 15) is 14.4 Å². The van der Waals surface area contributed by atoms with Crippen LogP contribution < -0.4 is 0 Å². The molecule has 0 bridgehead atoms. The molecule has 0 aromatic heterocycles. The van der Waals surface area contributed by atoms with Crippen LogP contribution in [0, 0.1) is 0 Å². The summed E-state index contributed by atoms with van der Waals surface area (Å²) < 4.78 is 9.56. The Kier molecular flexibility index (Phi) is 6.30. The molecular weight excluding hydrogens is 298 g/mol. The van der Waals surface area contributed by atoms with E-state index in [1.54, 1.807) is 0 Å². The Morgan fingerprint density at radius 1 is 1.00 bits per heavy atom. The fraction of sp³-hybridized carbons (Fsp3) is 0.471. The molecule has 0 radical (unpaired) electrons. The average Bonchev–Trinajstić information content (AvgIpc) is 2.60. The lowest BCUT2D eigenvalue weighted by atomic mass is 9.82. The molecule has 1 aromatic rings. The molecule has 0 fully saturated rings. The van der Waals surface area contributed by atoms with Gasteiger partial charge in [0, 0.05) is 19.9 Å². The quantitative estimate of drug-likeness (QED) is 0.612. The predicted octanol–water partition coefficient (Wildman–Crippen LogP) is 1.70. The number of esters is 2. The zero-order valence-electron chi connectivity index (χ0n) is 14.2. The number of nitrogens with zero attached hydrogens (tertiary/aromatic N) is 1. The van der Waals surface area contributed by atoms with Crippen molar-refractivity contribution in [2.24, 2.45) is 0 Å². The minimum Gasteiger partial charge on any atom is -0.467 e. The molecule has 1 aliphatic heterocycles. The van der Waals surface area contributed by atoms with Crippen LogP contribution in [-0.2, 0) is 36.8 Å². The van der Waals surface area contributed by atoms with Crippen molar-refractivity contribution in [2.75, 3.05) is 14.2 Å². The summed E-state index contributed by atoms with van der Waals surface area (Å²) >= 11 is 0. The molecule has 1 aromatic carbocycles. The Bertz CT molecular complexity index is 580. The fourth-order valence-electron chi connectivity index (χ4n) is 2.73. The number of methoxy groups -OCH3 is 2. The standard InChI is InChI=1S/C15H17NO5.C2H6/c1-10(17)16-9-12-7-5-4-6-11(12)8-15(16,13(18)20-2)14(19)21-3;1-2/h4-7H,8-9H2,1-3H3;1-2H3. The van der Waals surface area contributed by atoms with E-state index in [2.05, 4.69) is 0 Å². The van der Waals surface area contributed by atoms with E-state index in [0.717, 1.165) is 11.1 Å². The van der Waals surface area contributed by atoms with Gasteiger partial charge in [-0.3, -0.25) is 4.79 Å². The van der Waals surface area contributed by atoms with E-state index in [4.69, 9.17) is 9.47 Å². The highest BCUT2D eigenvalue weighted by Crippen LogP contribution is 2.33. The Morgan fingerprint density at radius 2 is 1.48 bits per heavy atom. The summed E-state index contributed by atoms with van der Waals surface area (Å²) in [6.07, 6.45) is 0.0437. The van der Waals surface area contributed by atoms with Crippen molar-refractivity contribution in [1.82, 2.24) is 4.90 Å². The van der Waals surface area contributed by atoms with Gasteiger partial charge in [0.15, 0.2) is 0 Å². The Morgan fingerprint density at radius 3 is 1.91 bits per heavy atom. The lowest BCUT2D eigenvalue weighted by Crippen LogP contribution is -2.65. The number of rotatable bonds is 2. The highest BCUT2D eigenvalue weighted by molar-refractivity contribution is 6.08. The van der Waals surface area contributed by atoms with Gasteiger partial charge in [-0.1, -0.05) is 38.1 Å². The van der Waals surface area contributed by atoms with E-state index < -0.39 is 17.5 Å². The van der Waals surface area contributed by atoms with E-state index >= 15 is 0 Å². The minimum atomic E-state index is -1.76. The zero-order chi connectivity index (χ0) is 17.6. The fourth-order valence-corrected chi connectivity index (χ4v) is 2.73. The largest absolute Gasteiger partial charge is 0.467 e. The summed E-state index contributed by atoms with van der Waals surface area (Å²) in [6.45, 7) is 5.48. The molecule has 0 atom stereocenters. The number of hydrogen-bond donors (Lipinski definition) is 0. The highest BCUT2D eigenvalue weighted by atomic mass is 16.5. The molecule has 1 aliphatic rings. The number of hydrogen-bond acceptors (Lipinski definition) is 5. The molecule has 1 amide bonds. The smallest absolute Gasteiger partial charge is 0.344 e. The molecule has 126 valence electrons. The maximum atomic E-state index is 12.3. The first kappa shape index (κ1) is 18.7. The second kappa shape index (κ2) is 7.76. The first-order valence-electron chi connectivity index (χ1n) is 7.49. The van der Waals surface area contributed by atoms with Gasteiger partial charge in [0.2, 0.25) is 11.4 Å². The molecule has 6 nitrogen and oxygen atoms in total. The summed E-state index contributed by atoms with van der Waals surface area (Å²) in [5, 5.41) is 0. The minimum absolute atomic E-state index is 0.0437. The van der Waals surface area contributed by atoms with Gasteiger partial charge in [-0.2, -0.15) is 0 Å². The summed E-state index contributed by atoms with van der Waals surface area (Å²) in [7, 11) is 2.37. The van der Waals surface area contributed by atoms with E-state index in [1.165, 1.54) is 26.0 Å². The third-order valence-corrected chi connectivity index (χ3v) is 3.78. The first-order valence-corrected chi connectivity index (χ1v) is 7.49. The zero-order valence-corrected chi connectivity index (χ0v) is 14.2. The number of ether oxygens (including phenoxy) is 2. The molecule has 1 heterocycles. The average molecular weight is 321 g/mol. The van der Waals surface area contributed by atoms with Crippen LogP contribution in [0.25, 0.3) is 0 Å². The van der Waals surface area contributed by atoms with Crippen LogP contribution in [-0.4, -0.2) is 42.5 Å². The Labute approximate surface area is 136 Å². The van der Waals surface area contributed by atoms with E-state index in [0.29, 0.717) is 0 Å². The van der Waals surface area contributed by atoms with Crippen molar-refractivity contribution < 1.29 is 23.9 Å². The molecule has 0 N–H and O–H groups in total. The second-order valence-corrected chi connectivity index (χ2v) is 4.89. The molecular formula is C17H23NO5. The van der Waals surface area contributed by atoms with Gasteiger partial charge in [0.1, 0.15) is 0 Å². The van der Waals surface area contributed by atoms with Gasteiger partial charge in [0.25, 0.3) is 0 Å². The predicted molar refractivity (Wildman–Crippen MR) is 84.5 cm³/mol. The molecule has 0 spiro atoms. The van der Waals surface area contributed by atoms with Crippen LogP contribution >= 0.6 is 0 Å². The van der Waals surface area contributed by atoms with Gasteiger partial charge in [-0.25, -0.2) is 9.59 Å². The van der Waals surface area contributed by atoms with Crippen LogP contribution in [0.2, 0.25) is 0 Å². The number of fused-ring (bicyclic) bond motifs is 1. The Hall–Kier alpha value is -2.37. The van der Waals surface area contributed by atoms with Crippen LogP contribution in [0.5, 0.6) is 0 Å². The van der Waals surface area contributed by atoms with Gasteiger partial charge >= 0.3 is 11.9 Å². The number of amides is 1. The molecule has 6 heteroatoms. The summed E-state index contributed by atoms with van der Waals surface area (Å²) in [5.74, 6) is -1.97. The monoisotopic (exact) mass is 321 g/mol. The summed E-state index contributed by atoms with van der Waals surface area (Å²) in [6, 6.07) is 7.36. The SMILES string of the molecule is CC.COC(=O)C1(C(=O)OC)Cc2ccccc2CN1C(C)=O. The van der Waals surface area contributed by atoms with E-state index in [1.807, 2.05) is 38.1 Å². The van der Waals surface area contributed by atoms with Gasteiger partial charge in [0.05, 0.1) is 14.2 Å². The normalized spacial score (nSPS) is 14.7. The summed E-state index contributed by atoms with van der Waals surface area (Å²) in [5.41, 5.74) is -0.0362. The summed E-state index contributed by atoms with van der Waals surface area (Å²) in [4.78, 5) is 37.8. The molecule has 2 rings (SSSR count). The topological polar surface area (TPSA) is 72.9 Å². The number of carbonyl (C=O) groups is 3. The van der Waals surface area contributed by atoms with Crippen LogP contribution in [0.3, 0.4) is 0 Å². The molecule has 0 aliphatic carbocycles. The van der Waals surface area contributed by atoms with Gasteiger partial charge < -0.3 is 14.4 Å². The first-order chi connectivity index (χ1) is 11.0. The van der Waals surface area contributed by atoms with Crippen molar-refractivity contribution in [3.8, 4) is 0 Å². The third-order valence-electron chi connectivity index (χ3n) is 3.78. The third kappa shape index (κ3) is 3.21. The maximum absolute atomic E-state index is 12.3. The van der Waals surface area contributed by atoms with Crippen molar-refractivity contribution in [2.45, 2.75) is 39.3 Å². The van der Waals surface area contributed by atoms with Crippen LogP contribution in [0.4, 0.5) is 0 Å². The number of carbonyl (C=O) groups excluding carboxylic acids is 3. The molecule has 0 saturated carbocycles. The van der Waals surface area contributed by atoms with Crippen molar-refractivity contribution in [3.05, 3.63) is 35.4 Å². The van der Waals surface area contributed by atoms with E-state index in [-0.39, 0.29) is 18.9 Å². The number of benzene rings is 1. The Balaban J connectivity index is 0.00000127. The molecule has 0 saturated heterocycles. The maximum Gasteiger partial charge on any atom is 0.344 e. The van der Waals surface area contributed by atoms with Crippen LogP contribution in [0.15, 0.2) is 24.3 Å². The second-order valence-electron chi connectivity index (χ2n) is 4.89. The van der Waals surface area contributed by atoms with Gasteiger partial charge in [-0.15, -0.1) is 0 Å². The molecule has 23 heavy (non-hydrogen) atoms.